The minimum atomic E-state index is -4.55. The van der Waals surface area contributed by atoms with Gasteiger partial charge in [-0.25, -0.2) is 0 Å². The van der Waals surface area contributed by atoms with Crippen molar-refractivity contribution < 1.29 is 27.1 Å². The molecule has 0 saturated heterocycles. The summed E-state index contributed by atoms with van der Waals surface area (Å²) in [5, 5.41) is 2.50. The summed E-state index contributed by atoms with van der Waals surface area (Å²) in [7, 11) is 0. The molecule has 232 valence electrons. The number of alkyl halides is 3. The molecule has 9 heteroatoms. The van der Waals surface area contributed by atoms with Crippen LogP contribution >= 0.6 is 11.6 Å². The van der Waals surface area contributed by atoms with Gasteiger partial charge in [0, 0.05) is 37.3 Å². The van der Waals surface area contributed by atoms with Crippen LogP contribution in [-0.2, 0) is 12.7 Å². The molecule has 0 radical (unpaired) electrons. The molecule has 5 rings (SSSR count). The first-order valence-electron chi connectivity index (χ1n) is 14.5. The molecule has 1 heterocycles. The van der Waals surface area contributed by atoms with E-state index < -0.39 is 11.7 Å². The lowest BCUT2D eigenvalue weighted by Gasteiger charge is -2.29. The van der Waals surface area contributed by atoms with Gasteiger partial charge < -0.3 is 14.5 Å². The number of rotatable bonds is 13. The highest BCUT2D eigenvalue weighted by molar-refractivity contribution is 6.32. The second kappa shape index (κ2) is 15.0. The summed E-state index contributed by atoms with van der Waals surface area (Å²) < 4.78 is 52.1. The maximum absolute atomic E-state index is 13.7. The van der Waals surface area contributed by atoms with Gasteiger partial charge in [0.2, 0.25) is 0 Å². The fourth-order valence-electron chi connectivity index (χ4n) is 5.17. The monoisotopic (exact) mass is 632 g/mol. The fourth-order valence-corrected chi connectivity index (χ4v) is 5.46. The van der Waals surface area contributed by atoms with E-state index in [-0.39, 0.29) is 29.2 Å². The zero-order valence-electron chi connectivity index (χ0n) is 24.3. The first-order valence-corrected chi connectivity index (χ1v) is 14.9. The van der Waals surface area contributed by atoms with Crippen LogP contribution in [0.4, 0.5) is 18.9 Å². The second-order valence-electron chi connectivity index (χ2n) is 10.5. The minimum absolute atomic E-state index is 0.0210. The molecule has 5 nitrogen and oxygen atoms in total. The SMILES string of the molecule is O=C(Nc1cccc(OCCCN(Cc2cccc(C(F)(F)F)c2Cl)CC(c2ccccc2)c2ccccc2)c1)c1ccco1. The van der Waals surface area contributed by atoms with Crippen LogP contribution < -0.4 is 10.1 Å². The number of benzene rings is 4. The predicted molar refractivity (Wildman–Crippen MR) is 170 cm³/mol. The standard InChI is InChI=1S/C36H32ClF3N2O3/c37-34-28(15-7-18-32(34)36(38,39)40)24-42(25-31(26-11-3-1-4-12-26)27-13-5-2-6-14-27)20-10-22-44-30-17-8-16-29(23-30)41-35(43)33-19-9-21-45-33/h1-9,11-19,21,23,31H,10,20,22,24-25H2,(H,41,43). The van der Waals surface area contributed by atoms with Crippen LogP contribution in [0.1, 0.15) is 45.1 Å². The molecule has 1 amide bonds. The molecule has 4 aromatic carbocycles. The van der Waals surface area contributed by atoms with Crippen molar-refractivity contribution in [1.29, 1.82) is 0 Å². The Kier molecular flexibility index (Phi) is 10.6. The van der Waals surface area contributed by atoms with Crippen molar-refractivity contribution in [3.05, 3.63) is 155 Å². The van der Waals surface area contributed by atoms with Crippen LogP contribution in [0.2, 0.25) is 5.02 Å². The third kappa shape index (κ3) is 8.77. The summed E-state index contributed by atoms with van der Waals surface area (Å²) in [5.41, 5.74) is 2.34. The van der Waals surface area contributed by atoms with Crippen molar-refractivity contribution in [3.63, 3.8) is 0 Å². The summed E-state index contributed by atoms with van der Waals surface area (Å²) in [5.74, 6) is 0.387. The van der Waals surface area contributed by atoms with Gasteiger partial charge >= 0.3 is 6.18 Å². The van der Waals surface area contributed by atoms with Crippen LogP contribution in [0.3, 0.4) is 0 Å². The molecule has 0 bridgehead atoms. The maximum Gasteiger partial charge on any atom is 0.417 e. The van der Waals surface area contributed by atoms with Gasteiger partial charge in [-0.2, -0.15) is 13.2 Å². The fraction of sp³-hybridized carbons (Fsp3) is 0.194. The number of ether oxygens (including phenoxy) is 1. The van der Waals surface area contributed by atoms with Crippen molar-refractivity contribution in [2.24, 2.45) is 0 Å². The average Bonchev–Trinajstić information content (AvgIpc) is 3.59. The van der Waals surface area contributed by atoms with Crippen molar-refractivity contribution in [1.82, 2.24) is 4.90 Å². The van der Waals surface area contributed by atoms with Gasteiger partial charge in [0.15, 0.2) is 5.76 Å². The largest absolute Gasteiger partial charge is 0.493 e. The first kappa shape index (κ1) is 31.9. The van der Waals surface area contributed by atoms with Gasteiger partial charge in [0.05, 0.1) is 23.5 Å². The van der Waals surface area contributed by atoms with Gasteiger partial charge in [-0.3, -0.25) is 9.69 Å². The molecule has 0 aliphatic heterocycles. The molecular formula is C36H32ClF3N2O3. The van der Waals surface area contributed by atoms with Crippen LogP contribution in [0.15, 0.2) is 126 Å². The van der Waals surface area contributed by atoms with Gasteiger partial charge in [-0.15, -0.1) is 0 Å². The second-order valence-corrected chi connectivity index (χ2v) is 10.9. The number of carbonyl (C=O) groups excluding carboxylic acids is 1. The highest BCUT2D eigenvalue weighted by Crippen LogP contribution is 2.37. The Morgan fingerprint density at radius 2 is 1.56 bits per heavy atom. The number of furan rings is 1. The summed E-state index contributed by atoms with van der Waals surface area (Å²) in [6, 6.07) is 34.4. The summed E-state index contributed by atoms with van der Waals surface area (Å²) in [6.07, 6.45) is -2.52. The lowest BCUT2D eigenvalue weighted by atomic mass is 9.90. The number of nitrogens with zero attached hydrogens (tertiary/aromatic N) is 1. The van der Waals surface area contributed by atoms with Crippen molar-refractivity contribution in [3.8, 4) is 5.75 Å². The molecule has 1 N–H and O–H groups in total. The molecule has 0 unspecified atom stereocenters. The number of hydrogen-bond donors (Lipinski definition) is 1. The highest BCUT2D eigenvalue weighted by atomic mass is 35.5. The quantitative estimate of drug-likeness (QED) is 0.131. The van der Waals surface area contributed by atoms with Gasteiger partial charge in [0.1, 0.15) is 5.75 Å². The zero-order chi connectivity index (χ0) is 31.6. The Labute approximate surface area is 265 Å². The molecule has 5 aromatic rings. The van der Waals surface area contributed by atoms with Gasteiger partial charge in [-0.1, -0.05) is 90.5 Å². The number of carbonyl (C=O) groups is 1. The number of anilines is 1. The van der Waals surface area contributed by atoms with Crippen molar-refractivity contribution >= 4 is 23.2 Å². The van der Waals surface area contributed by atoms with E-state index in [1.807, 2.05) is 36.4 Å². The van der Waals surface area contributed by atoms with E-state index in [1.54, 1.807) is 42.5 Å². The molecule has 0 aliphatic carbocycles. The van der Waals surface area contributed by atoms with Gasteiger partial charge in [-0.05, 0) is 53.4 Å². The Balaban J connectivity index is 1.31. The number of halogens is 4. The van der Waals surface area contributed by atoms with E-state index in [0.29, 0.717) is 43.1 Å². The van der Waals surface area contributed by atoms with Crippen LogP contribution in [0, 0.1) is 0 Å². The number of hydrogen-bond acceptors (Lipinski definition) is 4. The van der Waals surface area contributed by atoms with E-state index in [9.17, 15) is 18.0 Å². The molecule has 45 heavy (non-hydrogen) atoms. The lowest BCUT2D eigenvalue weighted by Crippen LogP contribution is -2.31. The molecule has 0 atom stereocenters. The topological polar surface area (TPSA) is 54.7 Å². The first-order chi connectivity index (χ1) is 21.8. The summed E-state index contributed by atoms with van der Waals surface area (Å²) in [4.78, 5) is 14.5. The van der Waals surface area contributed by atoms with Crippen LogP contribution in [0.5, 0.6) is 5.75 Å². The summed E-state index contributed by atoms with van der Waals surface area (Å²) >= 11 is 6.33. The smallest absolute Gasteiger partial charge is 0.417 e. The van der Waals surface area contributed by atoms with Crippen molar-refractivity contribution in [2.75, 3.05) is 25.0 Å². The van der Waals surface area contributed by atoms with E-state index in [1.165, 1.54) is 12.3 Å². The zero-order valence-corrected chi connectivity index (χ0v) is 25.1. The number of nitrogens with one attached hydrogen (secondary N) is 1. The maximum atomic E-state index is 13.7. The van der Waals surface area contributed by atoms with Gasteiger partial charge in [0.25, 0.3) is 5.91 Å². The Morgan fingerprint density at radius 3 is 2.20 bits per heavy atom. The Bertz CT molecular complexity index is 1620. The van der Waals surface area contributed by atoms with E-state index in [4.69, 9.17) is 20.8 Å². The van der Waals surface area contributed by atoms with Crippen LogP contribution in [-0.4, -0.2) is 30.5 Å². The Hall–Kier alpha value is -4.53. The third-order valence-corrected chi connectivity index (χ3v) is 7.79. The molecule has 0 spiro atoms. The van der Waals surface area contributed by atoms with E-state index in [0.717, 1.165) is 17.2 Å². The molecule has 0 aliphatic rings. The third-order valence-electron chi connectivity index (χ3n) is 7.35. The average molecular weight is 633 g/mol. The van der Waals surface area contributed by atoms with Crippen LogP contribution in [0.25, 0.3) is 0 Å². The molecular weight excluding hydrogens is 601 g/mol. The predicted octanol–water partition coefficient (Wildman–Crippen LogP) is 9.31. The minimum Gasteiger partial charge on any atom is -0.493 e. The molecule has 0 saturated carbocycles. The molecule has 1 aromatic heterocycles. The van der Waals surface area contributed by atoms with Crippen molar-refractivity contribution in [2.45, 2.75) is 25.1 Å². The molecule has 0 fully saturated rings. The Morgan fingerprint density at radius 1 is 0.867 bits per heavy atom. The normalized spacial score (nSPS) is 11.6. The lowest BCUT2D eigenvalue weighted by molar-refractivity contribution is -0.137. The summed E-state index contributed by atoms with van der Waals surface area (Å²) in [6.45, 7) is 1.67. The van der Waals surface area contributed by atoms with E-state index >= 15 is 0 Å². The van der Waals surface area contributed by atoms with E-state index in [2.05, 4.69) is 34.5 Å². The number of amides is 1. The highest BCUT2D eigenvalue weighted by Gasteiger charge is 2.34.